The predicted molar refractivity (Wildman–Crippen MR) is 82.8 cm³/mol. The van der Waals surface area contributed by atoms with Gasteiger partial charge in [-0.25, -0.2) is 4.68 Å². The van der Waals surface area contributed by atoms with Gasteiger partial charge in [0.25, 0.3) is 0 Å². The van der Waals surface area contributed by atoms with E-state index < -0.39 is 0 Å². The lowest BCUT2D eigenvalue weighted by molar-refractivity contribution is 0.347. The second-order valence-electron chi connectivity index (χ2n) is 6.13. The van der Waals surface area contributed by atoms with Crippen LogP contribution in [0.2, 0.25) is 0 Å². The van der Waals surface area contributed by atoms with Crippen molar-refractivity contribution in [2.75, 3.05) is 5.32 Å². The molecule has 1 heterocycles. The Morgan fingerprint density at radius 1 is 1.15 bits per heavy atom. The second-order valence-corrected chi connectivity index (χ2v) is 6.13. The van der Waals surface area contributed by atoms with E-state index in [9.17, 15) is 0 Å². The van der Waals surface area contributed by atoms with E-state index >= 15 is 0 Å². The Labute approximate surface area is 121 Å². The minimum absolute atomic E-state index is 0.0208. The summed E-state index contributed by atoms with van der Waals surface area (Å²) in [5.74, 6) is 0. The van der Waals surface area contributed by atoms with Gasteiger partial charge in [-0.15, -0.1) is 5.10 Å². The van der Waals surface area contributed by atoms with E-state index in [1.54, 1.807) is 0 Å². The van der Waals surface area contributed by atoms with Crippen LogP contribution in [-0.4, -0.2) is 15.0 Å². The van der Waals surface area contributed by atoms with Crippen LogP contribution in [0.15, 0.2) is 30.5 Å². The molecule has 1 aromatic carbocycles. The van der Waals surface area contributed by atoms with E-state index in [0.717, 1.165) is 17.8 Å². The van der Waals surface area contributed by atoms with Crippen molar-refractivity contribution in [1.82, 2.24) is 15.0 Å². The van der Waals surface area contributed by atoms with Gasteiger partial charge in [-0.05, 0) is 44.9 Å². The van der Waals surface area contributed by atoms with Crippen molar-refractivity contribution >= 4 is 5.69 Å². The highest BCUT2D eigenvalue weighted by molar-refractivity contribution is 5.44. The van der Waals surface area contributed by atoms with Crippen molar-refractivity contribution in [3.8, 4) is 0 Å². The first kappa shape index (κ1) is 14.6. The van der Waals surface area contributed by atoms with Crippen molar-refractivity contribution in [2.24, 2.45) is 0 Å². The Balaban J connectivity index is 1.93. The fraction of sp³-hybridized carbons (Fsp3) is 0.500. The molecule has 0 aliphatic carbocycles. The molecule has 2 rings (SSSR count). The molecule has 4 nitrogen and oxygen atoms in total. The molecular weight excluding hydrogens is 248 g/mol. The molecule has 0 atom stereocenters. The van der Waals surface area contributed by atoms with Gasteiger partial charge < -0.3 is 5.32 Å². The first-order chi connectivity index (χ1) is 9.49. The van der Waals surface area contributed by atoms with Crippen molar-refractivity contribution in [3.63, 3.8) is 0 Å². The average molecular weight is 272 g/mol. The van der Waals surface area contributed by atoms with Crippen molar-refractivity contribution in [3.05, 3.63) is 41.7 Å². The molecule has 0 saturated heterocycles. The van der Waals surface area contributed by atoms with E-state index in [2.05, 4.69) is 67.6 Å². The fourth-order valence-electron chi connectivity index (χ4n) is 1.98. The zero-order valence-corrected chi connectivity index (χ0v) is 12.8. The van der Waals surface area contributed by atoms with Gasteiger partial charge >= 0.3 is 0 Å². The SMILES string of the molecule is CCCc1ccc(NCc2cn(C(C)(C)C)nn2)cc1. The first-order valence-corrected chi connectivity index (χ1v) is 7.23. The maximum Gasteiger partial charge on any atom is 0.102 e. The Kier molecular flexibility index (Phi) is 4.42. The molecule has 0 unspecified atom stereocenters. The third-order valence-electron chi connectivity index (χ3n) is 3.19. The summed E-state index contributed by atoms with van der Waals surface area (Å²) in [6, 6.07) is 8.61. The molecule has 1 N–H and O–H groups in total. The number of hydrogen-bond acceptors (Lipinski definition) is 3. The Hall–Kier alpha value is -1.84. The number of nitrogens with one attached hydrogen (secondary N) is 1. The molecule has 20 heavy (non-hydrogen) atoms. The summed E-state index contributed by atoms with van der Waals surface area (Å²) < 4.78 is 1.90. The monoisotopic (exact) mass is 272 g/mol. The molecule has 2 aromatic rings. The lowest BCUT2D eigenvalue weighted by atomic mass is 10.1. The smallest absolute Gasteiger partial charge is 0.102 e. The largest absolute Gasteiger partial charge is 0.379 e. The van der Waals surface area contributed by atoms with Crippen LogP contribution in [0, 0.1) is 0 Å². The van der Waals surface area contributed by atoms with Gasteiger partial charge in [0.2, 0.25) is 0 Å². The van der Waals surface area contributed by atoms with Crippen LogP contribution < -0.4 is 5.32 Å². The van der Waals surface area contributed by atoms with Crippen LogP contribution in [-0.2, 0) is 18.5 Å². The Morgan fingerprint density at radius 3 is 2.40 bits per heavy atom. The van der Waals surface area contributed by atoms with Crippen LogP contribution in [0.25, 0.3) is 0 Å². The summed E-state index contributed by atoms with van der Waals surface area (Å²) in [6.07, 6.45) is 4.32. The van der Waals surface area contributed by atoms with Gasteiger partial charge in [0.05, 0.1) is 18.3 Å². The molecule has 0 aliphatic rings. The van der Waals surface area contributed by atoms with E-state index in [1.165, 1.54) is 12.0 Å². The van der Waals surface area contributed by atoms with E-state index in [1.807, 2.05) is 10.9 Å². The van der Waals surface area contributed by atoms with Gasteiger partial charge in [-0.1, -0.05) is 30.7 Å². The molecule has 0 saturated carbocycles. The normalized spacial score (nSPS) is 11.6. The quantitative estimate of drug-likeness (QED) is 0.904. The fourth-order valence-corrected chi connectivity index (χ4v) is 1.98. The highest BCUT2D eigenvalue weighted by Crippen LogP contribution is 2.14. The van der Waals surface area contributed by atoms with Crippen molar-refractivity contribution in [2.45, 2.75) is 52.6 Å². The number of aromatic nitrogens is 3. The minimum Gasteiger partial charge on any atom is -0.379 e. The molecule has 1 aromatic heterocycles. The van der Waals surface area contributed by atoms with Crippen molar-refractivity contribution < 1.29 is 0 Å². The number of nitrogens with zero attached hydrogens (tertiary/aromatic N) is 3. The van der Waals surface area contributed by atoms with E-state index in [-0.39, 0.29) is 5.54 Å². The van der Waals surface area contributed by atoms with Gasteiger partial charge in [0.15, 0.2) is 0 Å². The second kappa shape index (κ2) is 6.07. The van der Waals surface area contributed by atoms with Crippen LogP contribution in [0.1, 0.15) is 45.4 Å². The van der Waals surface area contributed by atoms with Crippen molar-refractivity contribution in [1.29, 1.82) is 0 Å². The maximum absolute atomic E-state index is 4.20. The van der Waals surface area contributed by atoms with Gasteiger partial charge in [-0.2, -0.15) is 0 Å². The van der Waals surface area contributed by atoms with Gasteiger partial charge in [0, 0.05) is 5.69 Å². The zero-order chi connectivity index (χ0) is 14.6. The summed E-state index contributed by atoms with van der Waals surface area (Å²) in [4.78, 5) is 0. The lowest BCUT2D eigenvalue weighted by Crippen LogP contribution is -2.22. The zero-order valence-electron chi connectivity index (χ0n) is 12.8. The topological polar surface area (TPSA) is 42.7 Å². The third-order valence-corrected chi connectivity index (χ3v) is 3.19. The third kappa shape index (κ3) is 3.83. The van der Waals surface area contributed by atoms with Crippen LogP contribution >= 0.6 is 0 Å². The van der Waals surface area contributed by atoms with Crippen LogP contribution in [0.4, 0.5) is 5.69 Å². The van der Waals surface area contributed by atoms with Gasteiger partial charge in [0.1, 0.15) is 5.69 Å². The van der Waals surface area contributed by atoms with Crippen LogP contribution in [0.5, 0.6) is 0 Å². The number of aryl methyl sites for hydroxylation is 1. The summed E-state index contributed by atoms with van der Waals surface area (Å²) in [7, 11) is 0. The minimum atomic E-state index is -0.0208. The Morgan fingerprint density at radius 2 is 1.85 bits per heavy atom. The number of benzene rings is 1. The molecule has 4 heteroatoms. The standard InChI is InChI=1S/C16H24N4/c1-5-6-13-7-9-14(10-8-13)17-11-15-12-20(19-18-15)16(2,3)4/h7-10,12,17H,5-6,11H2,1-4H3. The number of anilines is 1. The maximum atomic E-state index is 4.20. The summed E-state index contributed by atoms with van der Waals surface area (Å²) >= 11 is 0. The highest BCUT2D eigenvalue weighted by Gasteiger charge is 2.14. The molecule has 0 radical (unpaired) electrons. The van der Waals surface area contributed by atoms with E-state index in [4.69, 9.17) is 0 Å². The number of hydrogen-bond donors (Lipinski definition) is 1. The molecule has 0 bridgehead atoms. The summed E-state index contributed by atoms with van der Waals surface area (Å²) in [6.45, 7) is 9.25. The highest BCUT2D eigenvalue weighted by atomic mass is 15.4. The van der Waals surface area contributed by atoms with Gasteiger partial charge in [-0.3, -0.25) is 0 Å². The molecular formula is C16H24N4. The van der Waals surface area contributed by atoms with Crippen LogP contribution in [0.3, 0.4) is 0 Å². The predicted octanol–water partition coefficient (Wildman–Crippen LogP) is 3.60. The summed E-state index contributed by atoms with van der Waals surface area (Å²) in [5.41, 5.74) is 3.44. The molecule has 0 amide bonds. The summed E-state index contributed by atoms with van der Waals surface area (Å²) in [5, 5.41) is 11.7. The van der Waals surface area contributed by atoms with E-state index in [0.29, 0.717) is 6.54 Å². The molecule has 0 fully saturated rings. The Bertz CT molecular complexity index is 534. The molecule has 108 valence electrons. The molecule has 0 aliphatic heterocycles. The lowest BCUT2D eigenvalue weighted by Gasteiger charge is -2.17. The molecule has 0 spiro atoms. The average Bonchev–Trinajstić information content (AvgIpc) is 2.87. The first-order valence-electron chi connectivity index (χ1n) is 7.23. The number of rotatable bonds is 5.